The minimum Gasteiger partial charge on any atom is -0.459 e. The highest BCUT2D eigenvalue weighted by molar-refractivity contribution is 5.99. The van der Waals surface area contributed by atoms with Gasteiger partial charge in [-0.1, -0.05) is 36.4 Å². The molecule has 0 aliphatic rings. The molecule has 2 amide bonds. The van der Waals surface area contributed by atoms with E-state index in [9.17, 15) is 9.59 Å². The zero-order valence-corrected chi connectivity index (χ0v) is 15.2. The third-order valence-electron chi connectivity index (χ3n) is 4.29. The molecular formula is C21H18N4O3. The number of imidazole rings is 1. The fourth-order valence-electron chi connectivity index (χ4n) is 2.96. The van der Waals surface area contributed by atoms with Crippen molar-refractivity contribution in [2.24, 2.45) is 0 Å². The lowest BCUT2D eigenvalue weighted by molar-refractivity contribution is -0.116. The van der Waals surface area contributed by atoms with Gasteiger partial charge < -0.3 is 14.6 Å². The number of hydrogen-bond donors (Lipinski definition) is 1. The van der Waals surface area contributed by atoms with E-state index >= 15 is 0 Å². The van der Waals surface area contributed by atoms with Gasteiger partial charge in [0.15, 0.2) is 5.76 Å². The van der Waals surface area contributed by atoms with Gasteiger partial charge in [-0.05, 0) is 24.3 Å². The average molecular weight is 374 g/mol. The Balaban J connectivity index is 1.60. The van der Waals surface area contributed by atoms with Crippen LogP contribution in [0.3, 0.4) is 0 Å². The van der Waals surface area contributed by atoms with E-state index in [2.05, 4.69) is 10.3 Å². The Morgan fingerprint density at radius 1 is 1.07 bits per heavy atom. The molecule has 3 heterocycles. The molecule has 0 unspecified atom stereocenters. The van der Waals surface area contributed by atoms with Crippen LogP contribution in [-0.2, 0) is 4.79 Å². The third-order valence-corrected chi connectivity index (χ3v) is 4.29. The number of amides is 2. The van der Waals surface area contributed by atoms with Crippen molar-refractivity contribution in [2.75, 3.05) is 18.9 Å². The van der Waals surface area contributed by atoms with Crippen molar-refractivity contribution in [1.82, 2.24) is 14.3 Å². The van der Waals surface area contributed by atoms with Crippen LogP contribution in [0.2, 0.25) is 0 Å². The monoisotopic (exact) mass is 374 g/mol. The predicted octanol–water partition coefficient (Wildman–Crippen LogP) is 3.31. The highest BCUT2D eigenvalue weighted by Gasteiger charge is 2.20. The smallest absolute Gasteiger partial charge is 0.289 e. The van der Waals surface area contributed by atoms with Gasteiger partial charge >= 0.3 is 0 Å². The second-order valence-corrected chi connectivity index (χ2v) is 6.29. The van der Waals surface area contributed by atoms with Crippen LogP contribution in [0.5, 0.6) is 0 Å². The number of pyridine rings is 1. The Kier molecular flexibility index (Phi) is 4.63. The average Bonchev–Trinajstić information content (AvgIpc) is 3.37. The first-order valence-electron chi connectivity index (χ1n) is 8.75. The van der Waals surface area contributed by atoms with Crippen molar-refractivity contribution in [3.63, 3.8) is 0 Å². The molecule has 4 rings (SSSR count). The maximum atomic E-state index is 12.6. The number of furan rings is 1. The molecule has 7 nitrogen and oxygen atoms in total. The third kappa shape index (κ3) is 3.37. The molecule has 0 saturated heterocycles. The summed E-state index contributed by atoms with van der Waals surface area (Å²) in [4.78, 5) is 30.9. The molecule has 0 fully saturated rings. The number of anilines is 1. The molecule has 3 aromatic heterocycles. The number of carbonyl (C=O) groups excluding carboxylic acids is 2. The Bertz CT molecular complexity index is 1120. The molecule has 4 aromatic rings. The highest BCUT2D eigenvalue weighted by atomic mass is 16.3. The van der Waals surface area contributed by atoms with E-state index in [0.717, 1.165) is 11.2 Å². The topological polar surface area (TPSA) is 79.9 Å². The van der Waals surface area contributed by atoms with Crippen LogP contribution >= 0.6 is 0 Å². The van der Waals surface area contributed by atoms with Crippen molar-refractivity contribution in [3.8, 4) is 11.3 Å². The number of nitrogens with zero attached hydrogens (tertiary/aromatic N) is 3. The fraction of sp³-hybridized carbons (Fsp3) is 0.0952. The maximum Gasteiger partial charge on any atom is 0.289 e. The lowest BCUT2D eigenvalue weighted by Gasteiger charge is -2.15. The van der Waals surface area contributed by atoms with Crippen LogP contribution in [0.4, 0.5) is 5.82 Å². The normalized spacial score (nSPS) is 10.8. The van der Waals surface area contributed by atoms with Gasteiger partial charge in [0.25, 0.3) is 5.91 Å². The van der Waals surface area contributed by atoms with Gasteiger partial charge in [-0.15, -0.1) is 0 Å². The van der Waals surface area contributed by atoms with E-state index in [0.29, 0.717) is 11.5 Å². The van der Waals surface area contributed by atoms with Crippen LogP contribution in [0.15, 0.2) is 77.5 Å². The van der Waals surface area contributed by atoms with E-state index in [1.165, 1.54) is 11.2 Å². The molecule has 0 radical (unpaired) electrons. The molecule has 0 spiro atoms. The molecule has 7 heteroatoms. The zero-order chi connectivity index (χ0) is 19.5. The van der Waals surface area contributed by atoms with Crippen LogP contribution in [0, 0.1) is 0 Å². The van der Waals surface area contributed by atoms with E-state index in [-0.39, 0.29) is 24.1 Å². The summed E-state index contributed by atoms with van der Waals surface area (Å²) in [6.45, 7) is -0.117. The highest BCUT2D eigenvalue weighted by Crippen LogP contribution is 2.28. The van der Waals surface area contributed by atoms with Crippen molar-refractivity contribution in [1.29, 1.82) is 0 Å². The van der Waals surface area contributed by atoms with Crippen LogP contribution in [-0.4, -0.2) is 39.7 Å². The lowest BCUT2D eigenvalue weighted by atomic mass is 10.1. The van der Waals surface area contributed by atoms with Crippen LogP contribution in [0.1, 0.15) is 10.6 Å². The molecule has 0 atom stereocenters. The summed E-state index contributed by atoms with van der Waals surface area (Å²) in [6, 6.07) is 18.4. The van der Waals surface area contributed by atoms with Crippen molar-refractivity contribution < 1.29 is 14.0 Å². The predicted molar refractivity (Wildman–Crippen MR) is 105 cm³/mol. The zero-order valence-electron chi connectivity index (χ0n) is 15.2. The number of carbonyl (C=O) groups is 2. The Hall–Kier alpha value is -3.87. The Labute approximate surface area is 161 Å². The fourth-order valence-corrected chi connectivity index (χ4v) is 2.96. The Morgan fingerprint density at radius 2 is 1.86 bits per heavy atom. The second-order valence-electron chi connectivity index (χ2n) is 6.29. The van der Waals surface area contributed by atoms with E-state index in [1.54, 1.807) is 19.2 Å². The molecule has 0 bridgehead atoms. The SMILES string of the molecule is CN(CC(=O)Nc1c(-c2ccccc2)nc2ccccn12)C(=O)c1ccco1. The molecular weight excluding hydrogens is 356 g/mol. The molecule has 140 valence electrons. The van der Waals surface area contributed by atoms with E-state index < -0.39 is 0 Å². The van der Waals surface area contributed by atoms with Gasteiger partial charge in [0, 0.05) is 18.8 Å². The number of benzene rings is 1. The minimum absolute atomic E-state index is 0.117. The summed E-state index contributed by atoms with van der Waals surface area (Å²) in [7, 11) is 1.55. The summed E-state index contributed by atoms with van der Waals surface area (Å²) in [5, 5.41) is 2.90. The summed E-state index contributed by atoms with van der Waals surface area (Å²) in [5.41, 5.74) is 2.28. The molecule has 1 N–H and O–H groups in total. The molecule has 0 aliphatic heterocycles. The van der Waals surface area contributed by atoms with Gasteiger partial charge in [-0.2, -0.15) is 0 Å². The summed E-state index contributed by atoms with van der Waals surface area (Å²) < 4.78 is 6.92. The second kappa shape index (κ2) is 7.40. The van der Waals surface area contributed by atoms with Crippen molar-refractivity contribution in [3.05, 3.63) is 78.9 Å². The van der Waals surface area contributed by atoms with Gasteiger partial charge in [0.05, 0.1) is 6.26 Å². The first kappa shape index (κ1) is 17.5. The number of likely N-dealkylation sites (N-methyl/N-ethyl adjacent to an activating group) is 1. The van der Waals surface area contributed by atoms with E-state index in [4.69, 9.17) is 4.42 Å². The minimum atomic E-state index is -0.360. The summed E-state index contributed by atoms with van der Waals surface area (Å²) in [6.07, 6.45) is 3.26. The van der Waals surface area contributed by atoms with Crippen molar-refractivity contribution in [2.45, 2.75) is 0 Å². The standard InChI is InChI=1S/C21H18N4O3/c1-24(21(27)16-10-7-13-28-16)14-18(26)23-20-19(15-8-3-2-4-9-15)22-17-11-5-6-12-25(17)20/h2-13H,14H2,1H3,(H,23,26). The Morgan fingerprint density at radius 3 is 2.61 bits per heavy atom. The van der Waals surface area contributed by atoms with Gasteiger partial charge in [-0.25, -0.2) is 4.98 Å². The first-order chi connectivity index (χ1) is 13.6. The number of hydrogen-bond acceptors (Lipinski definition) is 4. The van der Waals surface area contributed by atoms with Crippen molar-refractivity contribution >= 4 is 23.3 Å². The number of aromatic nitrogens is 2. The van der Waals surface area contributed by atoms with Gasteiger partial charge in [-0.3, -0.25) is 14.0 Å². The molecule has 1 aromatic carbocycles. The molecule has 28 heavy (non-hydrogen) atoms. The largest absolute Gasteiger partial charge is 0.459 e. The van der Waals surface area contributed by atoms with Gasteiger partial charge in [0.2, 0.25) is 5.91 Å². The van der Waals surface area contributed by atoms with E-state index in [1.807, 2.05) is 59.1 Å². The molecule has 0 saturated carbocycles. The summed E-state index contributed by atoms with van der Waals surface area (Å²) in [5.74, 6) is 0.0625. The van der Waals surface area contributed by atoms with Gasteiger partial charge in [0.1, 0.15) is 23.7 Å². The first-order valence-corrected chi connectivity index (χ1v) is 8.75. The van der Waals surface area contributed by atoms with Crippen LogP contribution in [0.25, 0.3) is 16.9 Å². The maximum absolute atomic E-state index is 12.6. The quantitative estimate of drug-likeness (QED) is 0.581. The lowest BCUT2D eigenvalue weighted by Crippen LogP contribution is -2.35. The number of nitrogens with one attached hydrogen (secondary N) is 1. The number of rotatable bonds is 5. The summed E-state index contributed by atoms with van der Waals surface area (Å²) >= 11 is 0. The van der Waals surface area contributed by atoms with Crippen LogP contribution < -0.4 is 5.32 Å². The molecule has 0 aliphatic carbocycles. The number of fused-ring (bicyclic) bond motifs is 1.